The van der Waals surface area contributed by atoms with Gasteiger partial charge in [0.05, 0.1) is 6.61 Å². The summed E-state index contributed by atoms with van der Waals surface area (Å²) in [7, 11) is 0. The molecule has 0 atom stereocenters. The molecule has 0 rings (SSSR count). The lowest BCUT2D eigenvalue weighted by atomic mass is 10.0. The molecule has 0 amide bonds. The molecule has 98 valence electrons. The smallest absolute Gasteiger partial charge is 0.334 e. The van der Waals surface area contributed by atoms with Gasteiger partial charge in [-0.3, -0.25) is 0 Å². The van der Waals surface area contributed by atoms with E-state index in [1.54, 1.807) is 0 Å². The molecule has 0 aliphatic carbocycles. The Bertz CT molecular complexity index is 292. The number of carbonyl (C=O) groups is 2. The van der Waals surface area contributed by atoms with Crippen molar-refractivity contribution in [3.63, 3.8) is 0 Å². The Morgan fingerprint density at radius 1 is 1.12 bits per heavy atom. The Labute approximate surface area is 103 Å². The molecule has 0 saturated heterocycles. The predicted molar refractivity (Wildman–Crippen MR) is 65.7 cm³/mol. The van der Waals surface area contributed by atoms with Crippen LogP contribution in [-0.4, -0.2) is 23.7 Å². The van der Waals surface area contributed by atoms with Gasteiger partial charge in [-0.05, 0) is 26.2 Å². The molecule has 0 aromatic heterocycles. The molecule has 0 bridgehead atoms. The number of ether oxygens (including phenoxy) is 1. The van der Waals surface area contributed by atoms with Crippen molar-refractivity contribution >= 4 is 11.9 Å². The lowest BCUT2D eigenvalue weighted by molar-refractivity contribution is -0.140. The van der Waals surface area contributed by atoms with Crippen LogP contribution < -0.4 is 0 Å². The third-order valence-corrected chi connectivity index (χ3v) is 2.53. The van der Waals surface area contributed by atoms with Gasteiger partial charge >= 0.3 is 11.9 Å². The first-order valence-electron chi connectivity index (χ1n) is 6.14. The van der Waals surface area contributed by atoms with Crippen molar-refractivity contribution in [2.75, 3.05) is 6.61 Å². The summed E-state index contributed by atoms with van der Waals surface area (Å²) >= 11 is 0. The topological polar surface area (TPSA) is 63.6 Å². The second kappa shape index (κ2) is 8.79. The molecular formula is C13H22O4. The number of carbonyl (C=O) groups excluding carboxylic acids is 1. The first-order valence-corrected chi connectivity index (χ1v) is 6.14. The van der Waals surface area contributed by atoms with Crippen LogP contribution in [0.15, 0.2) is 11.1 Å². The number of aliphatic carboxylic acids is 1. The number of hydrogen-bond acceptors (Lipinski definition) is 3. The third-order valence-electron chi connectivity index (χ3n) is 2.53. The van der Waals surface area contributed by atoms with Gasteiger partial charge in [0.2, 0.25) is 0 Å². The van der Waals surface area contributed by atoms with E-state index in [-0.39, 0.29) is 5.57 Å². The van der Waals surface area contributed by atoms with Crippen molar-refractivity contribution in [3.05, 3.63) is 11.1 Å². The second-order valence-electron chi connectivity index (χ2n) is 4.00. The molecule has 0 fully saturated rings. The van der Waals surface area contributed by atoms with Crippen molar-refractivity contribution in [1.29, 1.82) is 0 Å². The van der Waals surface area contributed by atoms with Gasteiger partial charge < -0.3 is 9.84 Å². The summed E-state index contributed by atoms with van der Waals surface area (Å²) in [5.41, 5.74) is 0.399. The lowest BCUT2D eigenvalue weighted by Gasteiger charge is -2.09. The molecule has 4 nitrogen and oxygen atoms in total. The highest BCUT2D eigenvalue weighted by atomic mass is 16.5. The maximum absolute atomic E-state index is 11.7. The predicted octanol–water partition coefficient (Wildman–Crippen LogP) is 2.92. The van der Waals surface area contributed by atoms with Gasteiger partial charge in [0.1, 0.15) is 0 Å². The van der Waals surface area contributed by atoms with E-state index in [1.807, 2.05) is 13.8 Å². The summed E-state index contributed by atoms with van der Waals surface area (Å²) in [6, 6.07) is 0. The van der Waals surface area contributed by atoms with Crippen molar-refractivity contribution < 1.29 is 19.4 Å². The lowest BCUT2D eigenvalue weighted by Crippen LogP contribution is -2.14. The molecule has 17 heavy (non-hydrogen) atoms. The number of carboxylic acids is 1. The van der Waals surface area contributed by atoms with Crippen LogP contribution in [0.2, 0.25) is 0 Å². The van der Waals surface area contributed by atoms with E-state index in [0.29, 0.717) is 18.6 Å². The monoisotopic (exact) mass is 242 g/mol. The SMILES string of the molecule is CCCCOC(=O)C(CCCC)=C(C)C(=O)O. The summed E-state index contributed by atoms with van der Waals surface area (Å²) in [5, 5.41) is 8.91. The van der Waals surface area contributed by atoms with E-state index in [4.69, 9.17) is 9.84 Å². The largest absolute Gasteiger partial charge is 0.478 e. The van der Waals surface area contributed by atoms with E-state index >= 15 is 0 Å². The Morgan fingerprint density at radius 3 is 2.18 bits per heavy atom. The normalized spacial score (nSPS) is 11.9. The highest BCUT2D eigenvalue weighted by Crippen LogP contribution is 2.15. The maximum Gasteiger partial charge on any atom is 0.334 e. The molecular weight excluding hydrogens is 220 g/mol. The van der Waals surface area contributed by atoms with Crippen LogP contribution in [0.3, 0.4) is 0 Å². The Hall–Kier alpha value is -1.32. The zero-order valence-corrected chi connectivity index (χ0v) is 10.9. The average Bonchev–Trinajstić information content (AvgIpc) is 2.29. The highest BCUT2D eigenvalue weighted by Gasteiger charge is 2.17. The Morgan fingerprint density at radius 2 is 1.71 bits per heavy atom. The number of hydrogen-bond donors (Lipinski definition) is 1. The molecule has 0 spiro atoms. The average molecular weight is 242 g/mol. The fourth-order valence-corrected chi connectivity index (χ4v) is 1.32. The van der Waals surface area contributed by atoms with E-state index in [0.717, 1.165) is 25.7 Å². The third kappa shape index (κ3) is 6.09. The minimum absolute atomic E-state index is 0.0972. The maximum atomic E-state index is 11.7. The minimum atomic E-state index is -1.05. The van der Waals surface area contributed by atoms with Crippen LogP contribution >= 0.6 is 0 Å². The summed E-state index contributed by atoms with van der Waals surface area (Å²) in [5.74, 6) is -1.53. The molecule has 1 N–H and O–H groups in total. The molecule has 4 heteroatoms. The van der Waals surface area contributed by atoms with Gasteiger partial charge in [0.15, 0.2) is 0 Å². The van der Waals surface area contributed by atoms with Crippen LogP contribution in [0.4, 0.5) is 0 Å². The quantitative estimate of drug-likeness (QED) is 0.404. The van der Waals surface area contributed by atoms with Crippen LogP contribution in [0.1, 0.15) is 52.9 Å². The van der Waals surface area contributed by atoms with Crippen LogP contribution in [0.25, 0.3) is 0 Å². The van der Waals surface area contributed by atoms with Crippen LogP contribution in [-0.2, 0) is 14.3 Å². The molecule has 0 heterocycles. The summed E-state index contributed by atoms with van der Waals surface area (Å²) < 4.78 is 5.05. The molecule has 0 aromatic carbocycles. The second-order valence-corrected chi connectivity index (χ2v) is 4.00. The highest BCUT2D eigenvalue weighted by molar-refractivity contribution is 5.99. The zero-order valence-electron chi connectivity index (χ0n) is 10.9. The van der Waals surface area contributed by atoms with Crippen molar-refractivity contribution in [1.82, 2.24) is 0 Å². The van der Waals surface area contributed by atoms with Crippen molar-refractivity contribution in [3.8, 4) is 0 Å². The molecule has 0 aromatic rings. The summed E-state index contributed by atoms with van der Waals surface area (Å²) in [6.07, 6.45) is 3.93. The molecule has 0 aliphatic rings. The number of esters is 1. The number of unbranched alkanes of at least 4 members (excludes halogenated alkanes) is 2. The van der Waals surface area contributed by atoms with Crippen LogP contribution in [0, 0.1) is 0 Å². The fourth-order valence-electron chi connectivity index (χ4n) is 1.32. The number of carboxylic acid groups (broad SMARTS) is 1. The van der Waals surface area contributed by atoms with Gasteiger partial charge in [0.25, 0.3) is 0 Å². The van der Waals surface area contributed by atoms with E-state index in [1.165, 1.54) is 6.92 Å². The molecule has 0 saturated carbocycles. The van der Waals surface area contributed by atoms with E-state index in [9.17, 15) is 9.59 Å². The van der Waals surface area contributed by atoms with Gasteiger partial charge in [-0.15, -0.1) is 0 Å². The first kappa shape index (κ1) is 15.7. The molecule has 0 unspecified atom stereocenters. The molecule has 0 aliphatic heterocycles. The Balaban J connectivity index is 4.62. The first-order chi connectivity index (χ1) is 8.04. The van der Waals surface area contributed by atoms with Gasteiger partial charge in [-0.2, -0.15) is 0 Å². The van der Waals surface area contributed by atoms with E-state index < -0.39 is 11.9 Å². The van der Waals surface area contributed by atoms with Crippen molar-refractivity contribution in [2.45, 2.75) is 52.9 Å². The summed E-state index contributed by atoms with van der Waals surface area (Å²) in [6.45, 7) is 5.81. The van der Waals surface area contributed by atoms with E-state index in [2.05, 4.69) is 0 Å². The van der Waals surface area contributed by atoms with Gasteiger partial charge in [0, 0.05) is 11.1 Å². The standard InChI is InChI=1S/C13H22O4/c1-4-6-8-11(10(3)12(14)15)13(16)17-9-7-5-2/h4-9H2,1-3H3,(H,14,15). The zero-order chi connectivity index (χ0) is 13.3. The molecule has 0 radical (unpaired) electrons. The van der Waals surface area contributed by atoms with Gasteiger partial charge in [-0.1, -0.05) is 26.7 Å². The van der Waals surface area contributed by atoms with Crippen molar-refractivity contribution in [2.24, 2.45) is 0 Å². The minimum Gasteiger partial charge on any atom is -0.478 e. The van der Waals surface area contributed by atoms with Gasteiger partial charge in [-0.25, -0.2) is 9.59 Å². The Kier molecular flexibility index (Phi) is 8.11. The van der Waals surface area contributed by atoms with Crippen LogP contribution in [0.5, 0.6) is 0 Å². The number of rotatable bonds is 8. The fraction of sp³-hybridized carbons (Fsp3) is 0.692. The summed E-state index contributed by atoms with van der Waals surface area (Å²) in [4.78, 5) is 22.6.